The fraction of sp³-hybridized carbons (Fsp3) is 0.464. The second-order valence-electron chi connectivity index (χ2n) is 9.68. The van der Waals surface area contributed by atoms with Crippen molar-refractivity contribution in [3.8, 4) is 17.2 Å². The summed E-state index contributed by atoms with van der Waals surface area (Å²) < 4.78 is 17.2. The van der Waals surface area contributed by atoms with Gasteiger partial charge in [-0.2, -0.15) is 0 Å². The SMILES string of the molecule is COc1cc2ncnc(Nc3ccc(OC4CCN(C(=O)C5CCCC5)CC4)c(C)c3)c2cc1OC. The summed E-state index contributed by atoms with van der Waals surface area (Å²) in [7, 11) is 3.22. The van der Waals surface area contributed by atoms with E-state index in [0.29, 0.717) is 23.2 Å². The van der Waals surface area contributed by atoms with Crippen molar-refractivity contribution in [2.45, 2.75) is 51.6 Å². The number of nitrogens with one attached hydrogen (secondary N) is 1. The van der Waals surface area contributed by atoms with Crippen molar-refractivity contribution in [3.63, 3.8) is 0 Å². The number of hydrogen-bond donors (Lipinski definition) is 1. The number of fused-ring (bicyclic) bond motifs is 1. The molecule has 5 rings (SSSR count). The molecule has 1 aliphatic heterocycles. The van der Waals surface area contributed by atoms with Gasteiger partial charge in [-0.05, 0) is 49.6 Å². The molecule has 1 saturated heterocycles. The zero-order valence-corrected chi connectivity index (χ0v) is 21.3. The Morgan fingerprint density at radius 3 is 2.36 bits per heavy atom. The van der Waals surface area contributed by atoms with E-state index in [-0.39, 0.29) is 12.0 Å². The maximum atomic E-state index is 12.7. The first-order valence-corrected chi connectivity index (χ1v) is 12.8. The molecule has 1 amide bonds. The van der Waals surface area contributed by atoms with Crippen LogP contribution in [0.25, 0.3) is 10.9 Å². The minimum absolute atomic E-state index is 0.128. The summed E-state index contributed by atoms with van der Waals surface area (Å²) in [5.41, 5.74) is 2.72. The summed E-state index contributed by atoms with van der Waals surface area (Å²) in [5, 5.41) is 4.24. The van der Waals surface area contributed by atoms with Gasteiger partial charge in [0.05, 0.1) is 19.7 Å². The van der Waals surface area contributed by atoms with Crippen LogP contribution in [-0.4, -0.2) is 54.2 Å². The third-order valence-electron chi connectivity index (χ3n) is 7.33. The Labute approximate surface area is 212 Å². The molecule has 2 fully saturated rings. The minimum Gasteiger partial charge on any atom is -0.493 e. The number of ether oxygens (including phenoxy) is 3. The first-order valence-electron chi connectivity index (χ1n) is 12.8. The van der Waals surface area contributed by atoms with E-state index < -0.39 is 0 Å². The van der Waals surface area contributed by atoms with E-state index in [1.54, 1.807) is 14.2 Å². The molecular weight excluding hydrogens is 456 g/mol. The van der Waals surface area contributed by atoms with E-state index in [1.807, 2.05) is 36.1 Å². The van der Waals surface area contributed by atoms with Crippen molar-refractivity contribution in [1.82, 2.24) is 14.9 Å². The average Bonchev–Trinajstić information content (AvgIpc) is 3.45. The van der Waals surface area contributed by atoms with Gasteiger partial charge in [0.2, 0.25) is 5.91 Å². The molecule has 0 radical (unpaired) electrons. The van der Waals surface area contributed by atoms with Crippen LogP contribution in [0.1, 0.15) is 44.1 Å². The Morgan fingerprint density at radius 2 is 1.67 bits per heavy atom. The Morgan fingerprint density at radius 1 is 0.944 bits per heavy atom. The summed E-state index contributed by atoms with van der Waals surface area (Å²) in [5.74, 6) is 3.42. The van der Waals surface area contributed by atoms with Crippen LogP contribution >= 0.6 is 0 Å². The molecule has 1 aromatic heterocycles. The second-order valence-corrected chi connectivity index (χ2v) is 9.68. The van der Waals surface area contributed by atoms with Crippen LogP contribution in [0.2, 0.25) is 0 Å². The Kier molecular flexibility index (Phi) is 7.11. The number of hydrogen-bond acceptors (Lipinski definition) is 7. The van der Waals surface area contributed by atoms with Crippen LogP contribution < -0.4 is 19.5 Å². The van der Waals surface area contributed by atoms with Crippen molar-refractivity contribution in [2.24, 2.45) is 5.92 Å². The summed E-state index contributed by atoms with van der Waals surface area (Å²) in [6, 6.07) is 9.78. The van der Waals surface area contributed by atoms with Crippen molar-refractivity contribution in [3.05, 3.63) is 42.2 Å². The number of piperidine rings is 1. The molecule has 0 spiro atoms. The fourth-order valence-corrected chi connectivity index (χ4v) is 5.28. The highest BCUT2D eigenvalue weighted by Gasteiger charge is 2.30. The van der Waals surface area contributed by atoms with Crippen molar-refractivity contribution >= 4 is 28.3 Å². The average molecular weight is 491 g/mol. The second kappa shape index (κ2) is 10.6. The number of aryl methyl sites for hydroxylation is 1. The smallest absolute Gasteiger partial charge is 0.225 e. The lowest BCUT2D eigenvalue weighted by Gasteiger charge is -2.34. The third kappa shape index (κ3) is 5.03. The Hall–Kier alpha value is -3.55. The molecule has 0 bridgehead atoms. The molecule has 1 aliphatic carbocycles. The number of methoxy groups -OCH3 is 2. The van der Waals surface area contributed by atoms with Gasteiger partial charge in [-0.15, -0.1) is 0 Å². The molecule has 2 aromatic carbocycles. The molecule has 1 N–H and O–H groups in total. The van der Waals surface area contributed by atoms with E-state index in [4.69, 9.17) is 14.2 Å². The highest BCUT2D eigenvalue weighted by Crippen LogP contribution is 2.35. The van der Waals surface area contributed by atoms with E-state index in [9.17, 15) is 4.79 Å². The first-order chi connectivity index (χ1) is 17.6. The molecule has 1 saturated carbocycles. The van der Waals surface area contributed by atoms with Gasteiger partial charge < -0.3 is 24.4 Å². The number of nitrogens with zero attached hydrogens (tertiary/aromatic N) is 3. The van der Waals surface area contributed by atoms with Gasteiger partial charge in [0, 0.05) is 49.0 Å². The number of likely N-dealkylation sites (tertiary alicyclic amines) is 1. The zero-order valence-electron chi connectivity index (χ0n) is 21.3. The number of carbonyl (C=O) groups excluding carboxylic acids is 1. The van der Waals surface area contributed by atoms with Gasteiger partial charge in [0.25, 0.3) is 0 Å². The van der Waals surface area contributed by atoms with Crippen LogP contribution in [0.5, 0.6) is 17.2 Å². The van der Waals surface area contributed by atoms with Crippen LogP contribution in [0.4, 0.5) is 11.5 Å². The molecule has 3 aromatic rings. The van der Waals surface area contributed by atoms with Gasteiger partial charge in [0.1, 0.15) is 24.0 Å². The molecule has 2 heterocycles. The molecule has 8 nitrogen and oxygen atoms in total. The molecule has 0 atom stereocenters. The Balaban J connectivity index is 1.24. The molecule has 8 heteroatoms. The largest absolute Gasteiger partial charge is 0.493 e. The van der Waals surface area contributed by atoms with Gasteiger partial charge in [0.15, 0.2) is 11.5 Å². The monoisotopic (exact) mass is 490 g/mol. The number of amides is 1. The van der Waals surface area contributed by atoms with Crippen LogP contribution in [-0.2, 0) is 4.79 Å². The van der Waals surface area contributed by atoms with Crippen LogP contribution in [0.15, 0.2) is 36.7 Å². The normalized spacial score (nSPS) is 16.8. The molecule has 36 heavy (non-hydrogen) atoms. The molecular formula is C28H34N4O4. The maximum absolute atomic E-state index is 12.7. The highest BCUT2D eigenvalue weighted by molar-refractivity contribution is 5.93. The van der Waals surface area contributed by atoms with E-state index in [2.05, 4.69) is 21.4 Å². The third-order valence-corrected chi connectivity index (χ3v) is 7.33. The lowest BCUT2D eigenvalue weighted by molar-refractivity contribution is -0.137. The summed E-state index contributed by atoms with van der Waals surface area (Å²) >= 11 is 0. The quantitative estimate of drug-likeness (QED) is 0.483. The number of rotatable bonds is 7. The number of carbonyl (C=O) groups is 1. The molecule has 190 valence electrons. The van der Waals surface area contributed by atoms with E-state index >= 15 is 0 Å². The predicted octanol–water partition coefficient (Wildman–Crippen LogP) is 5.26. The zero-order chi connectivity index (χ0) is 25.1. The fourth-order valence-electron chi connectivity index (χ4n) is 5.28. The molecule has 0 unspecified atom stereocenters. The molecule has 2 aliphatic rings. The van der Waals surface area contributed by atoms with Crippen LogP contribution in [0, 0.1) is 12.8 Å². The lowest BCUT2D eigenvalue weighted by Crippen LogP contribution is -2.44. The van der Waals surface area contributed by atoms with E-state index in [0.717, 1.165) is 66.7 Å². The highest BCUT2D eigenvalue weighted by atomic mass is 16.5. The topological polar surface area (TPSA) is 85.8 Å². The van der Waals surface area contributed by atoms with E-state index in [1.165, 1.54) is 19.2 Å². The van der Waals surface area contributed by atoms with Crippen LogP contribution in [0.3, 0.4) is 0 Å². The number of benzene rings is 2. The van der Waals surface area contributed by atoms with Gasteiger partial charge in [-0.25, -0.2) is 9.97 Å². The van der Waals surface area contributed by atoms with Gasteiger partial charge >= 0.3 is 0 Å². The van der Waals surface area contributed by atoms with Crippen molar-refractivity contribution in [2.75, 3.05) is 32.6 Å². The van der Waals surface area contributed by atoms with Gasteiger partial charge in [-0.3, -0.25) is 4.79 Å². The minimum atomic E-state index is 0.128. The van der Waals surface area contributed by atoms with Crippen molar-refractivity contribution in [1.29, 1.82) is 0 Å². The first kappa shape index (κ1) is 24.2. The lowest BCUT2D eigenvalue weighted by atomic mass is 10.0. The van der Waals surface area contributed by atoms with Gasteiger partial charge in [-0.1, -0.05) is 12.8 Å². The number of anilines is 2. The Bertz CT molecular complexity index is 1230. The number of aromatic nitrogens is 2. The summed E-state index contributed by atoms with van der Waals surface area (Å²) in [6.45, 7) is 3.62. The van der Waals surface area contributed by atoms with Crippen molar-refractivity contribution < 1.29 is 19.0 Å². The maximum Gasteiger partial charge on any atom is 0.225 e. The summed E-state index contributed by atoms with van der Waals surface area (Å²) in [6.07, 6.45) is 7.90. The predicted molar refractivity (Wildman–Crippen MR) is 139 cm³/mol. The standard InChI is InChI=1S/C28H34N4O4/c1-18-14-20(31-27-22-15-25(34-2)26(35-3)16-23(22)29-17-30-27)8-9-24(18)36-21-10-12-32(13-11-21)28(33)19-6-4-5-7-19/h8-9,14-17,19,21H,4-7,10-13H2,1-3H3,(H,29,30,31). The summed E-state index contributed by atoms with van der Waals surface area (Å²) in [4.78, 5) is 23.6.